The molecule has 63 heavy (non-hydrogen) atoms. The van der Waals surface area contributed by atoms with Crippen LogP contribution in [-0.2, 0) is 11.8 Å². The van der Waals surface area contributed by atoms with E-state index in [2.05, 4.69) is 199 Å². The van der Waals surface area contributed by atoms with Crippen molar-refractivity contribution >= 4 is 17.0 Å². The fourth-order valence-electron chi connectivity index (χ4n) is 10.6. The van der Waals surface area contributed by atoms with Gasteiger partial charge in [-0.3, -0.25) is 0 Å². The first-order chi connectivity index (χ1) is 31.2. The van der Waals surface area contributed by atoms with Crippen LogP contribution in [0.3, 0.4) is 0 Å². The second kappa shape index (κ2) is 14.0. The largest absolute Gasteiger partial charge is 0.457 e. The number of ether oxygens (including phenoxy) is 1. The Morgan fingerprint density at radius 3 is 1.87 bits per heavy atom. The first-order valence-corrected chi connectivity index (χ1v) is 21.8. The topological polar surface area (TPSA) is 39.9 Å². The summed E-state index contributed by atoms with van der Waals surface area (Å²) in [5.41, 5.74) is 18.8. The fourth-order valence-corrected chi connectivity index (χ4v) is 10.6. The summed E-state index contributed by atoms with van der Waals surface area (Å²) >= 11 is 0. The maximum atomic E-state index is 6.76. The summed E-state index contributed by atoms with van der Waals surface area (Å²) in [6.45, 7) is 0. The molecule has 0 saturated carbocycles. The average Bonchev–Trinajstić information content (AvgIpc) is 3.85. The molecule has 0 unspecified atom stereocenters. The van der Waals surface area contributed by atoms with Gasteiger partial charge in [0.15, 0.2) is 5.82 Å². The number of hydrogen-bond donors (Lipinski definition) is 0. The Labute approximate surface area is 366 Å². The molecule has 1 aliphatic heterocycles. The molecule has 0 fully saturated rings. The molecule has 3 aliphatic rings. The lowest BCUT2D eigenvalue weighted by molar-refractivity contribution is 0.436. The van der Waals surface area contributed by atoms with Gasteiger partial charge in [0.2, 0.25) is 0 Å². The zero-order chi connectivity index (χ0) is 41.5. The molecule has 0 atom stereocenters. The average molecular weight is 806 g/mol. The van der Waals surface area contributed by atoms with Crippen LogP contribution >= 0.6 is 0 Å². The van der Waals surface area contributed by atoms with E-state index < -0.39 is 5.41 Å². The summed E-state index contributed by atoms with van der Waals surface area (Å²) in [4.78, 5) is 10.6. The van der Waals surface area contributed by atoms with Gasteiger partial charge < -0.3 is 9.30 Å². The highest BCUT2D eigenvalue weighted by atomic mass is 16.5. The number of allylic oxidation sites excluding steroid dienone is 1. The van der Waals surface area contributed by atoms with E-state index in [0.717, 1.165) is 80.4 Å². The molecule has 3 heterocycles. The quantitative estimate of drug-likeness (QED) is 0.174. The van der Waals surface area contributed by atoms with Crippen LogP contribution in [0.1, 0.15) is 39.9 Å². The maximum absolute atomic E-state index is 6.76. The molecule has 8 aromatic carbocycles. The maximum Gasteiger partial charge on any atom is 0.160 e. The minimum absolute atomic E-state index is 0.570. The Morgan fingerprint density at radius 2 is 1.08 bits per heavy atom. The summed E-state index contributed by atoms with van der Waals surface area (Å²) in [6, 6.07) is 71.7. The molecular formula is C59H39N3O. The van der Waals surface area contributed by atoms with E-state index in [-0.39, 0.29) is 0 Å². The Kier molecular flexibility index (Phi) is 7.91. The number of nitrogens with zero attached hydrogens (tertiary/aromatic N) is 3. The molecule has 1 spiro atoms. The molecule has 2 aliphatic carbocycles. The molecule has 296 valence electrons. The van der Waals surface area contributed by atoms with Crippen molar-refractivity contribution in [3.05, 3.63) is 240 Å². The number of hydrogen-bond acceptors (Lipinski definition) is 3. The van der Waals surface area contributed by atoms with Crippen LogP contribution in [0, 0.1) is 0 Å². The van der Waals surface area contributed by atoms with Crippen LogP contribution in [0.4, 0.5) is 0 Å². The van der Waals surface area contributed by atoms with Crippen LogP contribution in [-0.4, -0.2) is 14.5 Å². The molecule has 0 amide bonds. The van der Waals surface area contributed by atoms with Crippen molar-refractivity contribution in [3.8, 4) is 73.3 Å². The Morgan fingerprint density at radius 1 is 0.460 bits per heavy atom. The van der Waals surface area contributed by atoms with Gasteiger partial charge in [-0.1, -0.05) is 152 Å². The number of para-hydroxylation sites is 2. The summed E-state index contributed by atoms with van der Waals surface area (Å²) in [5, 5.41) is 1.34. The molecule has 2 aromatic heterocycles. The minimum atomic E-state index is -0.570. The third-order valence-corrected chi connectivity index (χ3v) is 13.4. The van der Waals surface area contributed by atoms with Crippen molar-refractivity contribution in [2.75, 3.05) is 0 Å². The van der Waals surface area contributed by atoms with E-state index in [4.69, 9.17) is 14.7 Å². The molecule has 4 nitrogen and oxygen atoms in total. The molecule has 4 heteroatoms. The minimum Gasteiger partial charge on any atom is -0.457 e. The zero-order valence-electron chi connectivity index (χ0n) is 34.4. The monoisotopic (exact) mass is 805 g/mol. The van der Waals surface area contributed by atoms with Crippen molar-refractivity contribution in [2.24, 2.45) is 0 Å². The summed E-state index contributed by atoms with van der Waals surface area (Å²) in [6.07, 6.45) is 6.74. The Bertz CT molecular complexity index is 3440. The van der Waals surface area contributed by atoms with Gasteiger partial charge in [0.1, 0.15) is 11.5 Å². The van der Waals surface area contributed by atoms with E-state index in [9.17, 15) is 0 Å². The van der Waals surface area contributed by atoms with E-state index in [1.54, 1.807) is 0 Å². The van der Waals surface area contributed by atoms with Gasteiger partial charge in [0.05, 0.1) is 22.3 Å². The highest BCUT2D eigenvalue weighted by Gasteiger charge is 2.51. The molecule has 0 bridgehead atoms. The normalized spacial score (nSPS) is 13.8. The lowest BCUT2D eigenvalue weighted by atomic mass is 9.66. The second-order valence-corrected chi connectivity index (χ2v) is 16.8. The number of rotatable bonds is 5. The smallest absolute Gasteiger partial charge is 0.160 e. The van der Waals surface area contributed by atoms with Crippen molar-refractivity contribution in [1.29, 1.82) is 0 Å². The molecular weight excluding hydrogens is 767 g/mol. The van der Waals surface area contributed by atoms with E-state index >= 15 is 0 Å². The Balaban J connectivity index is 0.940. The van der Waals surface area contributed by atoms with E-state index in [1.165, 1.54) is 44.4 Å². The van der Waals surface area contributed by atoms with E-state index in [0.29, 0.717) is 5.82 Å². The second-order valence-electron chi connectivity index (χ2n) is 16.8. The standard InChI is InChI=1S/C59H39N3O/c1-2-15-39(16-3-1)58-60-52(41-18-14-17-40(35-41)38-29-32-43(33-30-38)62-54-26-11-6-21-46(54)47-22-7-12-27-55(47)62)37-53(61-58)42-31-34-57-51(36-42)59(50-25-10-13-28-56(50)63-57)48-23-8-4-19-44(48)45-20-5-9-24-49(45)59/h1-6,8-21,23-37H,7,22H2. The third-order valence-electron chi connectivity index (χ3n) is 13.4. The fraction of sp³-hybridized carbons (Fsp3) is 0.0508. The number of fused-ring (bicyclic) bond motifs is 12. The zero-order valence-corrected chi connectivity index (χ0v) is 34.4. The van der Waals surface area contributed by atoms with Gasteiger partial charge in [-0.2, -0.15) is 0 Å². The van der Waals surface area contributed by atoms with Crippen LogP contribution < -0.4 is 4.74 Å². The molecule has 0 radical (unpaired) electrons. The lowest BCUT2D eigenvalue weighted by Gasteiger charge is -2.39. The summed E-state index contributed by atoms with van der Waals surface area (Å²) < 4.78 is 9.17. The number of benzene rings is 8. The van der Waals surface area contributed by atoms with Crippen LogP contribution in [0.15, 0.2) is 206 Å². The van der Waals surface area contributed by atoms with Crippen molar-refractivity contribution in [1.82, 2.24) is 14.5 Å². The SMILES string of the molecule is C1=Cc2c(c3ccccc3n2-c2ccc(-c3cccc(-c4cc(-c5ccc6c(c5)C5(c7ccccc7O6)c6ccccc6-c6ccccc65)nc(-c5ccccc5)n4)c3)cc2)CC1. The summed E-state index contributed by atoms with van der Waals surface area (Å²) in [7, 11) is 0. The van der Waals surface area contributed by atoms with Gasteiger partial charge in [-0.15, -0.1) is 0 Å². The number of aryl methyl sites for hydroxylation is 1. The predicted octanol–water partition coefficient (Wildman–Crippen LogP) is 14.5. The molecule has 0 N–H and O–H groups in total. The highest BCUT2D eigenvalue weighted by Crippen LogP contribution is 2.62. The highest BCUT2D eigenvalue weighted by molar-refractivity contribution is 5.92. The van der Waals surface area contributed by atoms with Gasteiger partial charge in [-0.25, -0.2) is 9.97 Å². The van der Waals surface area contributed by atoms with Gasteiger partial charge in [-0.05, 0) is 112 Å². The Hall–Kier alpha value is -8.08. The lowest BCUT2D eigenvalue weighted by Crippen LogP contribution is -2.32. The summed E-state index contributed by atoms with van der Waals surface area (Å²) in [5.74, 6) is 2.41. The van der Waals surface area contributed by atoms with Crippen LogP contribution in [0.5, 0.6) is 11.5 Å². The predicted molar refractivity (Wildman–Crippen MR) is 255 cm³/mol. The first-order valence-electron chi connectivity index (χ1n) is 21.8. The van der Waals surface area contributed by atoms with Crippen molar-refractivity contribution in [3.63, 3.8) is 0 Å². The van der Waals surface area contributed by atoms with Gasteiger partial charge in [0, 0.05) is 44.6 Å². The number of aromatic nitrogens is 3. The van der Waals surface area contributed by atoms with Crippen molar-refractivity contribution < 1.29 is 4.74 Å². The van der Waals surface area contributed by atoms with E-state index in [1.807, 2.05) is 18.2 Å². The van der Waals surface area contributed by atoms with Gasteiger partial charge >= 0.3 is 0 Å². The van der Waals surface area contributed by atoms with Crippen LogP contribution in [0.25, 0.3) is 78.8 Å². The molecule has 10 aromatic rings. The third kappa shape index (κ3) is 5.41. The van der Waals surface area contributed by atoms with Crippen molar-refractivity contribution in [2.45, 2.75) is 18.3 Å². The molecule has 13 rings (SSSR count). The van der Waals surface area contributed by atoms with Gasteiger partial charge in [0.25, 0.3) is 0 Å². The van der Waals surface area contributed by atoms with Crippen LogP contribution in [0.2, 0.25) is 0 Å². The molecule has 0 saturated heterocycles. The first kappa shape index (κ1) is 35.7.